The van der Waals surface area contributed by atoms with Crippen LogP contribution >= 0.6 is 7.82 Å². The lowest BCUT2D eigenvalue weighted by molar-refractivity contribution is -0.157. The molecule has 1 atom stereocenters. The van der Waals surface area contributed by atoms with Gasteiger partial charge >= 0.3 is 19.8 Å². The molecule has 0 radical (unpaired) electrons. The number of phosphoric acid groups is 1. The van der Waals surface area contributed by atoms with Gasteiger partial charge in [-0.3, -0.25) is 9.32 Å². The fourth-order valence-electron chi connectivity index (χ4n) is 6.04. The van der Waals surface area contributed by atoms with Crippen molar-refractivity contribution in [1.82, 2.24) is 0 Å². The first kappa shape index (κ1) is 50.3. The molecular weight excluding hydrogens is 675 g/mol. The largest absolute Gasteiger partial charge is 0.469 e. The number of esters is 2. The zero-order valence-corrected chi connectivity index (χ0v) is 34.4. The van der Waals surface area contributed by atoms with Crippen molar-refractivity contribution in [3.05, 3.63) is 36.5 Å². The summed E-state index contributed by atoms with van der Waals surface area (Å²) >= 11 is 0. The van der Waals surface area contributed by atoms with Gasteiger partial charge in [-0.25, -0.2) is 9.36 Å². The van der Waals surface area contributed by atoms with Gasteiger partial charge in [0.1, 0.15) is 6.61 Å². The van der Waals surface area contributed by atoms with Gasteiger partial charge in [0.25, 0.3) is 0 Å². The molecule has 0 heterocycles. The molecule has 9 heteroatoms. The van der Waals surface area contributed by atoms with E-state index in [1.807, 2.05) is 6.08 Å². The van der Waals surface area contributed by atoms with Crippen LogP contribution < -0.4 is 0 Å². The summed E-state index contributed by atoms with van der Waals surface area (Å²) in [6, 6.07) is 0. The molecule has 2 N–H and O–H groups in total. The number of hydrogen-bond donors (Lipinski definition) is 2. The van der Waals surface area contributed by atoms with Crippen molar-refractivity contribution in [1.29, 1.82) is 0 Å². The summed E-state index contributed by atoms with van der Waals surface area (Å²) in [6.07, 6.45) is 46.4. The highest BCUT2D eigenvalue weighted by Gasteiger charge is 2.22. The topological polar surface area (TPSA) is 119 Å². The summed E-state index contributed by atoms with van der Waals surface area (Å²) in [4.78, 5) is 42.7. The van der Waals surface area contributed by atoms with E-state index in [0.29, 0.717) is 6.42 Å². The smallest absolute Gasteiger partial charge is 0.462 e. The van der Waals surface area contributed by atoms with E-state index in [4.69, 9.17) is 19.3 Å². The summed E-state index contributed by atoms with van der Waals surface area (Å²) < 4.78 is 26.2. The lowest BCUT2D eigenvalue weighted by Crippen LogP contribution is -2.29. The zero-order valence-electron chi connectivity index (χ0n) is 33.5. The number of ether oxygens (including phenoxy) is 2. The molecule has 304 valence electrons. The fourth-order valence-corrected chi connectivity index (χ4v) is 6.40. The van der Waals surface area contributed by atoms with Gasteiger partial charge in [-0.2, -0.15) is 0 Å². The van der Waals surface area contributed by atoms with Crippen LogP contribution in [0.15, 0.2) is 36.5 Å². The third-order valence-corrected chi connectivity index (χ3v) is 9.72. The first-order chi connectivity index (χ1) is 25.3. The Labute approximate surface area is 319 Å². The molecule has 0 saturated carbocycles. The van der Waals surface area contributed by atoms with Crippen LogP contribution in [0.5, 0.6) is 0 Å². The van der Waals surface area contributed by atoms with Crippen molar-refractivity contribution in [2.45, 2.75) is 213 Å². The van der Waals surface area contributed by atoms with Crippen LogP contribution in [0.2, 0.25) is 0 Å². The standard InChI is InChI=1S/C43H79O8P/c1-3-5-7-9-11-13-15-17-19-20-21-22-24-25-27-29-31-33-35-37-42(44)49-39-41(40-50-52(46,47)48)51-43(45)38-36-34-32-30-28-26-23-18-16-14-12-10-8-6-4-2/h17,19,32,34,36,38,41H,3-16,18,20-31,33,35,37,39-40H2,1-2H3,(H2,46,47,48)/b19-17+,34-32+,38-36+/t41-/m1/s1. The Morgan fingerprint density at radius 3 is 1.38 bits per heavy atom. The van der Waals surface area contributed by atoms with Gasteiger partial charge in [0, 0.05) is 12.5 Å². The molecule has 0 aliphatic rings. The van der Waals surface area contributed by atoms with Crippen molar-refractivity contribution < 1.29 is 37.9 Å². The van der Waals surface area contributed by atoms with E-state index < -0.39 is 32.5 Å². The van der Waals surface area contributed by atoms with E-state index in [1.54, 1.807) is 12.2 Å². The molecule has 0 saturated heterocycles. The molecule has 0 amide bonds. The highest BCUT2D eigenvalue weighted by Crippen LogP contribution is 2.35. The summed E-state index contributed by atoms with van der Waals surface area (Å²) in [6.45, 7) is 3.59. The van der Waals surface area contributed by atoms with Crippen LogP contribution in [0.4, 0.5) is 0 Å². The fraction of sp³-hybridized carbons (Fsp3) is 0.814. The third-order valence-electron chi connectivity index (χ3n) is 9.24. The lowest BCUT2D eigenvalue weighted by Gasteiger charge is -2.17. The predicted molar refractivity (Wildman–Crippen MR) is 216 cm³/mol. The number of carbonyl (C=O) groups is 2. The second-order valence-corrected chi connectivity index (χ2v) is 15.6. The first-order valence-electron chi connectivity index (χ1n) is 21.3. The Morgan fingerprint density at radius 2 is 0.942 bits per heavy atom. The van der Waals surface area contributed by atoms with Crippen LogP contribution in [-0.2, 0) is 28.2 Å². The Balaban J connectivity index is 3.97. The van der Waals surface area contributed by atoms with Crippen molar-refractivity contribution in [2.24, 2.45) is 0 Å². The van der Waals surface area contributed by atoms with E-state index in [-0.39, 0.29) is 13.0 Å². The molecule has 0 aliphatic heterocycles. The van der Waals surface area contributed by atoms with Crippen LogP contribution in [0.1, 0.15) is 206 Å². The quantitative estimate of drug-likeness (QED) is 0.0159. The van der Waals surface area contributed by atoms with Gasteiger partial charge in [0.15, 0.2) is 6.10 Å². The van der Waals surface area contributed by atoms with Gasteiger partial charge in [0.2, 0.25) is 0 Å². The third kappa shape index (κ3) is 41.0. The van der Waals surface area contributed by atoms with Gasteiger partial charge in [0.05, 0.1) is 6.61 Å². The van der Waals surface area contributed by atoms with Crippen LogP contribution in [0.3, 0.4) is 0 Å². The number of carbonyl (C=O) groups excluding carboxylic acids is 2. The van der Waals surface area contributed by atoms with E-state index in [9.17, 15) is 14.2 Å². The molecule has 0 bridgehead atoms. The lowest BCUT2D eigenvalue weighted by atomic mass is 10.1. The predicted octanol–water partition coefficient (Wildman–Crippen LogP) is 13.0. The maximum absolute atomic E-state index is 12.3. The Morgan fingerprint density at radius 1 is 0.538 bits per heavy atom. The molecule has 0 fully saturated rings. The number of phosphoric ester groups is 1. The highest BCUT2D eigenvalue weighted by atomic mass is 31.2. The molecule has 0 aromatic rings. The van der Waals surface area contributed by atoms with Crippen molar-refractivity contribution in [3.63, 3.8) is 0 Å². The van der Waals surface area contributed by atoms with Crippen molar-refractivity contribution in [2.75, 3.05) is 13.2 Å². The summed E-state index contributed by atoms with van der Waals surface area (Å²) in [7, 11) is -4.78. The Bertz CT molecular complexity index is 941. The molecule has 0 aromatic carbocycles. The van der Waals surface area contributed by atoms with Crippen LogP contribution in [0.25, 0.3) is 0 Å². The highest BCUT2D eigenvalue weighted by molar-refractivity contribution is 7.46. The van der Waals surface area contributed by atoms with Crippen molar-refractivity contribution >= 4 is 19.8 Å². The van der Waals surface area contributed by atoms with Gasteiger partial charge in [-0.15, -0.1) is 0 Å². The normalized spacial score (nSPS) is 12.8. The van der Waals surface area contributed by atoms with Crippen LogP contribution in [0, 0.1) is 0 Å². The first-order valence-corrected chi connectivity index (χ1v) is 22.9. The minimum Gasteiger partial charge on any atom is -0.462 e. The van der Waals surface area contributed by atoms with Gasteiger partial charge in [-0.05, 0) is 44.9 Å². The molecule has 52 heavy (non-hydrogen) atoms. The molecule has 0 aliphatic carbocycles. The Kier molecular flexibility index (Phi) is 37.7. The van der Waals surface area contributed by atoms with Crippen LogP contribution in [-0.4, -0.2) is 41.0 Å². The molecule has 0 spiro atoms. The molecule has 0 aromatic heterocycles. The average Bonchev–Trinajstić information content (AvgIpc) is 3.11. The number of rotatable bonds is 39. The maximum atomic E-state index is 12.3. The number of allylic oxidation sites excluding steroid dienone is 5. The molecule has 0 rings (SSSR count). The van der Waals surface area contributed by atoms with E-state index >= 15 is 0 Å². The second kappa shape index (κ2) is 39.0. The van der Waals surface area contributed by atoms with E-state index in [0.717, 1.165) is 32.1 Å². The molecule has 8 nitrogen and oxygen atoms in total. The number of unbranched alkanes of at least 4 members (excludes halogenated alkanes) is 26. The maximum Gasteiger partial charge on any atom is 0.469 e. The summed E-state index contributed by atoms with van der Waals surface area (Å²) in [5.41, 5.74) is 0. The Hall–Kier alpha value is -1.73. The SMILES string of the molecule is CCCCCCCC/C=C/CCCCCCCCCCCC(=O)OC[C@H](COP(=O)(O)O)OC(=O)/C=C/C=C/CCCCCCCCCCCCC. The summed E-state index contributed by atoms with van der Waals surface area (Å²) in [5.74, 6) is -1.13. The average molecular weight is 755 g/mol. The second-order valence-electron chi connectivity index (χ2n) is 14.4. The van der Waals surface area contributed by atoms with Crippen molar-refractivity contribution in [3.8, 4) is 0 Å². The minimum atomic E-state index is -4.78. The van der Waals surface area contributed by atoms with Gasteiger partial charge in [-0.1, -0.05) is 185 Å². The molecular formula is C43H79O8P. The zero-order chi connectivity index (χ0) is 38.2. The van der Waals surface area contributed by atoms with E-state index in [1.165, 1.54) is 154 Å². The molecule has 0 unspecified atom stereocenters. The minimum absolute atomic E-state index is 0.246. The number of hydrogen-bond acceptors (Lipinski definition) is 6. The van der Waals surface area contributed by atoms with Gasteiger partial charge < -0.3 is 19.3 Å². The van der Waals surface area contributed by atoms with E-state index in [2.05, 4.69) is 30.5 Å². The summed E-state index contributed by atoms with van der Waals surface area (Å²) in [5, 5.41) is 0. The monoisotopic (exact) mass is 755 g/mol.